The number of fused-ring (bicyclic) bond motifs is 1. The van der Waals surface area contributed by atoms with Crippen molar-refractivity contribution in [1.29, 1.82) is 0 Å². The van der Waals surface area contributed by atoms with Crippen molar-refractivity contribution in [1.82, 2.24) is 14.5 Å². The maximum absolute atomic E-state index is 12.9. The van der Waals surface area contributed by atoms with Crippen LogP contribution in [0.4, 0.5) is 0 Å². The zero-order chi connectivity index (χ0) is 16.6. The summed E-state index contributed by atoms with van der Waals surface area (Å²) in [6.45, 7) is 9.43. The molecular formula is C18H24BrN3O. The Hall–Kier alpha value is -1.20. The van der Waals surface area contributed by atoms with Crippen LogP contribution in [0.2, 0.25) is 0 Å². The van der Waals surface area contributed by atoms with Gasteiger partial charge in [0.25, 0.3) is 5.56 Å². The Morgan fingerprint density at radius 1 is 1.39 bits per heavy atom. The zero-order valence-electron chi connectivity index (χ0n) is 14.1. The van der Waals surface area contributed by atoms with Gasteiger partial charge in [-0.25, -0.2) is 4.98 Å². The number of hydrogen-bond donors (Lipinski definition) is 0. The molecule has 1 aliphatic heterocycles. The standard InChI is InChI=1S/C18H24BrN3O/c1-12(2)21-8-4-5-14(10-21)11-22-13(3)20-17-7-6-15(19)9-16(17)18(22)23/h6-7,9,12,14H,4-5,8,10-11H2,1-3H3/t14-/m0/s1. The molecule has 0 unspecified atom stereocenters. The first-order valence-corrected chi connectivity index (χ1v) is 9.15. The minimum atomic E-state index is 0.0791. The van der Waals surface area contributed by atoms with Gasteiger partial charge in [0, 0.05) is 23.6 Å². The molecule has 5 heteroatoms. The molecule has 0 bridgehead atoms. The van der Waals surface area contributed by atoms with Crippen LogP contribution < -0.4 is 5.56 Å². The van der Waals surface area contributed by atoms with Gasteiger partial charge in [-0.05, 0) is 64.3 Å². The van der Waals surface area contributed by atoms with E-state index < -0.39 is 0 Å². The number of rotatable bonds is 3. The first-order chi connectivity index (χ1) is 11.0. The Balaban J connectivity index is 1.92. The molecule has 1 aliphatic rings. The van der Waals surface area contributed by atoms with Gasteiger partial charge in [-0.3, -0.25) is 9.36 Å². The van der Waals surface area contributed by atoms with Crippen molar-refractivity contribution in [3.8, 4) is 0 Å². The highest BCUT2D eigenvalue weighted by molar-refractivity contribution is 9.10. The highest BCUT2D eigenvalue weighted by atomic mass is 79.9. The fourth-order valence-electron chi connectivity index (χ4n) is 3.49. The first-order valence-electron chi connectivity index (χ1n) is 8.36. The summed E-state index contributed by atoms with van der Waals surface area (Å²) < 4.78 is 2.78. The van der Waals surface area contributed by atoms with Crippen molar-refractivity contribution < 1.29 is 0 Å². The summed E-state index contributed by atoms with van der Waals surface area (Å²) in [6, 6.07) is 6.28. The molecular weight excluding hydrogens is 354 g/mol. The fourth-order valence-corrected chi connectivity index (χ4v) is 3.85. The molecule has 1 saturated heterocycles. The fraction of sp³-hybridized carbons (Fsp3) is 0.556. The quantitative estimate of drug-likeness (QED) is 0.819. The lowest BCUT2D eigenvalue weighted by Gasteiger charge is -2.35. The molecule has 1 atom stereocenters. The van der Waals surface area contributed by atoms with Crippen LogP contribution in [0.3, 0.4) is 0 Å². The van der Waals surface area contributed by atoms with Crippen molar-refractivity contribution >= 4 is 26.8 Å². The number of aryl methyl sites for hydroxylation is 1. The molecule has 2 heterocycles. The van der Waals surface area contributed by atoms with Crippen LogP contribution in [0.15, 0.2) is 27.5 Å². The molecule has 1 fully saturated rings. The van der Waals surface area contributed by atoms with E-state index in [0.717, 1.165) is 28.9 Å². The smallest absolute Gasteiger partial charge is 0.261 e. The lowest BCUT2D eigenvalue weighted by atomic mass is 9.96. The van der Waals surface area contributed by atoms with Crippen LogP contribution in [0.1, 0.15) is 32.5 Å². The lowest BCUT2D eigenvalue weighted by molar-refractivity contribution is 0.129. The van der Waals surface area contributed by atoms with E-state index in [1.807, 2.05) is 29.7 Å². The SMILES string of the molecule is Cc1nc2ccc(Br)cc2c(=O)n1C[C@H]1CCCN(C(C)C)C1. The summed E-state index contributed by atoms with van der Waals surface area (Å²) in [5, 5.41) is 0.696. The third-order valence-corrected chi connectivity index (χ3v) is 5.32. The second-order valence-electron chi connectivity index (χ2n) is 6.83. The van der Waals surface area contributed by atoms with Crippen LogP contribution in [0.5, 0.6) is 0 Å². The third kappa shape index (κ3) is 3.50. The van der Waals surface area contributed by atoms with Gasteiger partial charge in [0.05, 0.1) is 10.9 Å². The highest BCUT2D eigenvalue weighted by Crippen LogP contribution is 2.21. The van der Waals surface area contributed by atoms with Gasteiger partial charge in [-0.2, -0.15) is 0 Å². The van der Waals surface area contributed by atoms with Crippen molar-refractivity contribution in [2.75, 3.05) is 13.1 Å². The van der Waals surface area contributed by atoms with Gasteiger partial charge in [0.15, 0.2) is 0 Å². The van der Waals surface area contributed by atoms with E-state index in [2.05, 4.69) is 39.7 Å². The minimum Gasteiger partial charge on any atom is -0.301 e. The number of likely N-dealkylation sites (tertiary alicyclic amines) is 1. The molecule has 23 heavy (non-hydrogen) atoms. The molecule has 0 saturated carbocycles. The Morgan fingerprint density at radius 2 is 2.17 bits per heavy atom. The van der Waals surface area contributed by atoms with E-state index in [9.17, 15) is 4.79 Å². The van der Waals surface area contributed by atoms with Gasteiger partial charge >= 0.3 is 0 Å². The van der Waals surface area contributed by atoms with Crippen molar-refractivity contribution in [2.24, 2.45) is 5.92 Å². The Morgan fingerprint density at radius 3 is 2.91 bits per heavy atom. The first kappa shape index (κ1) is 16.7. The van der Waals surface area contributed by atoms with E-state index in [4.69, 9.17) is 0 Å². The molecule has 3 rings (SSSR count). The summed E-state index contributed by atoms with van der Waals surface area (Å²) in [6.07, 6.45) is 2.40. The van der Waals surface area contributed by atoms with Crippen molar-refractivity contribution in [3.05, 3.63) is 38.9 Å². The van der Waals surface area contributed by atoms with Gasteiger partial charge in [0.1, 0.15) is 5.82 Å². The summed E-state index contributed by atoms with van der Waals surface area (Å²) in [7, 11) is 0. The lowest BCUT2D eigenvalue weighted by Crippen LogP contribution is -2.42. The molecule has 0 spiro atoms. The summed E-state index contributed by atoms with van der Waals surface area (Å²) in [5.41, 5.74) is 0.856. The number of hydrogen-bond acceptors (Lipinski definition) is 3. The molecule has 0 amide bonds. The van der Waals surface area contributed by atoms with Crippen LogP contribution in [-0.4, -0.2) is 33.6 Å². The summed E-state index contributed by atoms with van der Waals surface area (Å²) in [5.74, 6) is 1.33. The predicted octanol–water partition coefficient (Wildman–Crippen LogP) is 3.59. The Kier molecular flexibility index (Phi) is 4.87. The second-order valence-corrected chi connectivity index (χ2v) is 7.75. The average Bonchev–Trinajstić information content (AvgIpc) is 2.52. The minimum absolute atomic E-state index is 0.0791. The monoisotopic (exact) mass is 377 g/mol. The van der Waals surface area contributed by atoms with Crippen molar-refractivity contribution in [3.63, 3.8) is 0 Å². The summed E-state index contributed by atoms with van der Waals surface area (Å²) in [4.78, 5) is 20.0. The number of aromatic nitrogens is 2. The maximum atomic E-state index is 12.9. The topological polar surface area (TPSA) is 38.1 Å². The Labute approximate surface area is 145 Å². The van der Waals surface area contributed by atoms with Crippen molar-refractivity contribution in [2.45, 2.75) is 46.2 Å². The number of benzene rings is 1. The predicted molar refractivity (Wildman–Crippen MR) is 97.9 cm³/mol. The second kappa shape index (κ2) is 6.73. The highest BCUT2D eigenvalue weighted by Gasteiger charge is 2.23. The van der Waals surface area contributed by atoms with Crippen LogP contribution in [-0.2, 0) is 6.54 Å². The van der Waals surface area contributed by atoms with Crippen LogP contribution in [0, 0.1) is 12.8 Å². The van der Waals surface area contributed by atoms with E-state index in [1.165, 1.54) is 19.4 Å². The van der Waals surface area contributed by atoms with Gasteiger partial charge < -0.3 is 4.90 Å². The molecule has 1 aromatic heterocycles. The third-order valence-electron chi connectivity index (χ3n) is 4.83. The van der Waals surface area contributed by atoms with E-state index in [0.29, 0.717) is 17.3 Å². The molecule has 124 valence electrons. The van der Waals surface area contributed by atoms with E-state index in [-0.39, 0.29) is 5.56 Å². The van der Waals surface area contributed by atoms with Gasteiger partial charge in [-0.1, -0.05) is 15.9 Å². The van der Waals surface area contributed by atoms with E-state index >= 15 is 0 Å². The maximum Gasteiger partial charge on any atom is 0.261 e. The largest absolute Gasteiger partial charge is 0.301 e. The van der Waals surface area contributed by atoms with Crippen LogP contribution >= 0.6 is 15.9 Å². The zero-order valence-corrected chi connectivity index (χ0v) is 15.6. The van der Waals surface area contributed by atoms with E-state index in [1.54, 1.807) is 0 Å². The molecule has 0 radical (unpaired) electrons. The number of piperidine rings is 1. The average molecular weight is 378 g/mol. The van der Waals surface area contributed by atoms with Crippen LogP contribution in [0.25, 0.3) is 10.9 Å². The Bertz CT molecular complexity index is 769. The molecule has 0 N–H and O–H groups in total. The molecule has 0 aliphatic carbocycles. The molecule has 4 nitrogen and oxygen atoms in total. The number of nitrogens with zero attached hydrogens (tertiary/aromatic N) is 3. The summed E-state index contributed by atoms with van der Waals surface area (Å²) >= 11 is 3.45. The van der Waals surface area contributed by atoms with Gasteiger partial charge in [-0.15, -0.1) is 0 Å². The number of halogens is 1. The molecule has 2 aromatic rings. The normalized spacial score (nSPS) is 19.6. The molecule has 1 aromatic carbocycles. The van der Waals surface area contributed by atoms with Gasteiger partial charge in [0.2, 0.25) is 0 Å².